The van der Waals surface area contributed by atoms with Crippen LogP contribution in [-0.4, -0.2) is 38.1 Å². The number of alkyl halides is 3. The highest BCUT2D eigenvalue weighted by Gasteiger charge is 2.31. The summed E-state index contributed by atoms with van der Waals surface area (Å²) in [5, 5.41) is 2.58. The van der Waals surface area contributed by atoms with Crippen LogP contribution in [0.4, 0.5) is 13.2 Å². The van der Waals surface area contributed by atoms with E-state index in [9.17, 15) is 26.4 Å². The molecule has 0 aliphatic heterocycles. The van der Waals surface area contributed by atoms with Crippen molar-refractivity contribution in [1.82, 2.24) is 9.62 Å². The number of hydrogen-bond acceptors (Lipinski definition) is 4. The zero-order valence-electron chi connectivity index (χ0n) is 16.2. The topological polar surface area (TPSA) is 75.7 Å². The minimum atomic E-state index is -4.78. The van der Waals surface area contributed by atoms with Gasteiger partial charge in [0.05, 0.1) is 5.02 Å². The Labute approximate surface area is 177 Å². The van der Waals surface area contributed by atoms with Crippen molar-refractivity contribution < 1.29 is 31.1 Å². The van der Waals surface area contributed by atoms with Crippen molar-refractivity contribution in [2.24, 2.45) is 0 Å². The molecule has 0 heterocycles. The molecule has 2 aromatic carbocycles. The van der Waals surface area contributed by atoms with Gasteiger partial charge in [-0.15, -0.1) is 13.2 Å². The van der Waals surface area contributed by atoms with Gasteiger partial charge in [0.15, 0.2) is 0 Å². The van der Waals surface area contributed by atoms with E-state index in [0.717, 1.165) is 12.1 Å². The van der Waals surface area contributed by atoms with Crippen LogP contribution in [0.25, 0.3) is 0 Å². The molecule has 0 saturated heterocycles. The molecule has 0 aliphatic carbocycles. The number of sulfonamides is 1. The second-order valence-corrected chi connectivity index (χ2v) is 8.42. The number of nitrogens with zero attached hydrogens (tertiary/aromatic N) is 1. The van der Waals surface area contributed by atoms with Crippen molar-refractivity contribution in [1.29, 1.82) is 0 Å². The molecule has 6 nitrogen and oxygen atoms in total. The molecule has 0 radical (unpaired) electrons. The largest absolute Gasteiger partial charge is 0.573 e. The van der Waals surface area contributed by atoms with E-state index >= 15 is 0 Å². The molecule has 30 heavy (non-hydrogen) atoms. The summed E-state index contributed by atoms with van der Waals surface area (Å²) in [4.78, 5) is 12.3. The number of ether oxygens (including phenoxy) is 1. The summed E-state index contributed by atoms with van der Waals surface area (Å²) in [7, 11) is -3.86. The van der Waals surface area contributed by atoms with Crippen LogP contribution >= 0.6 is 11.6 Å². The van der Waals surface area contributed by atoms with Gasteiger partial charge in [-0.2, -0.15) is 4.31 Å². The first-order chi connectivity index (χ1) is 14.0. The maximum Gasteiger partial charge on any atom is 0.573 e. The Balaban J connectivity index is 2.13. The van der Waals surface area contributed by atoms with Crippen molar-refractivity contribution in [3.8, 4) is 5.75 Å². The molecule has 164 valence electrons. The molecular weight excluding hydrogens is 445 g/mol. The smallest absolute Gasteiger partial charge is 0.406 e. The van der Waals surface area contributed by atoms with E-state index < -0.39 is 22.3 Å². The predicted molar refractivity (Wildman–Crippen MR) is 106 cm³/mol. The van der Waals surface area contributed by atoms with Crippen LogP contribution in [0.3, 0.4) is 0 Å². The maximum atomic E-state index is 12.7. The summed E-state index contributed by atoms with van der Waals surface area (Å²) in [5.41, 5.74) is 0.616. The standard InChI is InChI=1S/C19H20ClF3N2O4S/c1-3-25(4-2)30(27,28)17-11-14(7-10-16(17)20)18(26)24-12-13-5-8-15(9-6-13)29-19(21,22)23/h5-11H,3-4,12H2,1-2H3,(H,24,26). The van der Waals surface area contributed by atoms with Crippen LogP contribution in [0.1, 0.15) is 29.8 Å². The highest BCUT2D eigenvalue weighted by Crippen LogP contribution is 2.26. The molecule has 0 atom stereocenters. The molecule has 0 spiro atoms. The first kappa shape index (κ1) is 24.0. The van der Waals surface area contributed by atoms with Crippen LogP contribution < -0.4 is 10.1 Å². The predicted octanol–water partition coefficient (Wildman–Crippen LogP) is 4.20. The minimum absolute atomic E-state index is 0.00120. The minimum Gasteiger partial charge on any atom is -0.406 e. The van der Waals surface area contributed by atoms with E-state index in [1.165, 1.54) is 34.6 Å². The average Bonchev–Trinajstić information content (AvgIpc) is 2.67. The lowest BCUT2D eigenvalue weighted by atomic mass is 10.2. The van der Waals surface area contributed by atoms with Crippen LogP contribution in [-0.2, 0) is 16.6 Å². The molecule has 0 aromatic heterocycles. The highest BCUT2D eigenvalue weighted by atomic mass is 35.5. The molecule has 2 aromatic rings. The number of carbonyl (C=O) groups excluding carboxylic acids is 1. The first-order valence-corrected chi connectivity index (χ1v) is 10.7. The molecule has 0 fully saturated rings. The van der Waals surface area contributed by atoms with Gasteiger partial charge in [0, 0.05) is 25.2 Å². The average molecular weight is 465 g/mol. The summed E-state index contributed by atoms with van der Waals surface area (Å²) >= 11 is 6.05. The van der Waals surface area contributed by atoms with Gasteiger partial charge in [-0.05, 0) is 35.9 Å². The molecule has 2 rings (SSSR count). The Morgan fingerprint density at radius 2 is 1.70 bits per heavy atom. The number of halogens is 4. The Kier molecular flexibility index (Phi) is 7.73. The highest BCUT2D eigenvalue weighted by molar-refractivity contribution is 7.89. The lowest BCUT2D eigenvalue weighted by Gasteiger charge is -2.19. The third-order valence-corrected chi connectivity index (χ3v) is 6.66. The molecule has 0 aliphatic rings. The van der Waals surface area contributed by atoms with Gasteiger partial charge in [0.1, 0.15) is 10.6 Å². The van der Waals surface area contributed by atoms with Gasteiger partial charge in [-0.3, -0.25) is 4.79 Å². The second kappa shape index (κ2) is 9.67. The summed E-state index contributed by atoms with van der Waals surface area (Å²) in [5.74, 6) is -0.931. The fourth-order valence-corrected chi connectivity index (χ4v) is 4.60. The van der Waals surface area contributed by atoms with Crippen LogP contribution in [0.15, 0.2) is 47.4 Å². The van der Waals surface area contributed by atoms with Crippen molar-refractivity contribution >= 4 is 27.5 Å². The Hall–Kier alpha value is -2.30. The van der Waals surface area contributed by atoms with E-state index in [0.29, 0.717) is 5.56 Å². The molecule has 0 unspecified atom stereocenters. The summed E-state index contributed by atoms with van der Waals surface area (Å²) in [6.07, 6.45) is -4.78. The van der Waals surface area contributed by atoms with E-state index in [1.54, 1.807) is 13.8 Å². The number of benzene rings is 2. The number of rotatable bonds is 8. The molecule has 11 heteroatoms. The third-order valence-electron chi connectivity index (χ3n) is 4.13. The number of amides is 1. The molecule has 1 N–H and O–H groups in total. The van der Waals surface area contributed by atoms with E-state index in [1.807, 2.05) is 0 Å². The monoisotopic (exact) mass is 464 g/mol. The fourth-order valence-electron chi connectivity index (χ4n) is 2.64. The third kappa shape index (κ3) is 6.10. The van der Waals surface area contributed by atoms with E-state index in [2.05, 4.69) is 10.1 Å². The second-order valence-electron chi connectivity index (χ2n) is 6.11. The quantitative estimate of drug-likeness (QED) is 0.635. The van der Waals surface area contributed by atoms with Crippen LogP contribution in [0, 0.1) is 0 Å². The lowest BCUT2D eigenvalue weighted by molar-refractivity contribution is -0.274. The van der Waals surface area contributed by atoms with Gasteiger partial charge in [-0.25, -0.2) is 8.42 Å². The zero-order valence-corrected chi connectivity index (χ0v) is 17.7. The summed E-state index contributed by atoms with van der Waals surface area (Å²) < 4.78 is 67.0. The van der Waals surface area contributed by atoms with Crippen molar-refractivity contribution in [3.63, 3.8) is 0 Å². The van der Waals surface area contributed by atoms with Gasteiger partial charge in [0.2, 0.25) is 10.0 Å². The Morgan fingerprint density at radius 1 is 1.10 bits per heavy atom. The van der Waals surface area contributed by atoms with E-state index in [4.69, 9.17) is 11.6 Å². The Bertz CT molecular complexity index is 992. The van der Waals surface area contributed by atoms with Crippen LogP contribution in [0.5, 0.6) is 5.75 Å². The van der Waals surface area contributed by atoms with Gasteiger partial charge < -0.3 is 10.1 Å². The number of carbonyl (C=O) groups is 1. The molecule has 0 saturated carbocycles. The van der Waals surface area contributed by atoms with Gasteiger partial charge in [-0.1, -0.05) is 37.6 Å². The maximum absolute atomic E-state index is 12.7. The zero-order chi connectivity index (χ0) is 22.5. The van der Waals surface area contributed by atoms with Crippen molar-refractivity contribution in [2.75, 3.05) is 13.1 Å². The van der Waals surface area contributed by atoms with Gasteiger partial charge in [0.25, 0.3) is 5.91 Å². The summed E-state index contributed by atoms with van der Waals surface area (Å²) in [6, 6.07) is 8.93. The van der Waals surface area contributed by atoms with Crippen LogP contribution in [0.2, 0.25) is 5.02 Å². The Morgan fingerprint density at radius 3 is 2.23 bits per heavy atom. The SMILES string of the molecule is CCN(CC)S(=O)(=O)c1cc(C(=O)NCc2ccc(OC(F)(F)F)cc2)ccc1Cl. The molecule has 0 bridgehead atoms. The van der Waals surface area contributed by atoms with Crippen molar-refractivity contribution in [3.05, 3.63) is 58.6 Å². The molecular formula is C19H20ClF3N2O4S. The fraction of sp³-hybridized carbons (Fsp3) is 0.316. The number of hydrogen-bond donors (Lipinski definition) is 1. The van der Waals surface area contributed by atoms with Crippen molar-refractivity contribution in [2.45, 2.75) is 31.7 Å². The lowest BCUT2D eigenvalue weighted by Crippen LogP contribution is -2.31. The van der Waals surface area contributed by atoms with E-state index in [-0.39, 0.29) is 40.9 Å². The summed E-state index contributed by atoms with van der Waals surface area (Å²) in [6.45, 7) is 3.90. The normalized spacial score (nSPS) is 12.1. The van der Waals surface area contributed by atoms with Gasteiger partial charge >= 0.3 is 6.36 Å². The molecule has 1 amide bonds. The number of nitrogens with one attached hydrogen (secondary N) is 1. The first-order valence-electron chi connectivity index (χ1n) is 8.90.